The Bertz CT molecular complexity index is 2760. The summed E-state index contributed by atoms with van der Waals surface area (Å²) in [6.45, 7) is -0.235. The maximum Gasteiger partial charge on any atom is 0.434 e. The van der Waals surface area contributed by atoms with Crippen LogP contribution in [-0.4, -0.2) is 19.6 Å². The Labute approximate surface area is 309 Å². The van der Waals surface area contributed by atoms with E-state index in [0.29, 0.717) is 0 Å². The molecule has 0 unspecified atom stereocenters. The van der Waals surface area contributed by atoms with E-state index in [1.54, 1.807) is 0 Å². The number of ether oxygens (including phenoxy) is 1. The number of aromatic nitrogens is 1. The summed E-state index contributed by atoms with van der Waals surface area (Å²) in [4.78, 5) is 0. The maximum absolute atomic E-state index is 6.73. The van der Waals surface area contributed by atoms with Gasteiger partial charge in [0, 0.05) is 33.3 Å². The second-order valence-corrected chi connectivity index (χ2v) is 17.8. The van der Waals surface area contributed by atoms with Crippen molar-refractivity contribution in [3.8, 4) is 34.1 Å². The van der Waals surface area contributed by atoms with Crippen LogP contribution in [0.2, 0.25) is 0 Å². The molecule has 2 aliphatic rings. The van der Waals surface area contributed by atoms with Gasteiger partial charge in [0.25, 0.3) is 0 Å². The van der Waals surface area contributed by atoms with Gasteiger partial charge in [-0.15, -0.1) is 0 Å². The molecule has 3 heterocycles. The third-order valence-electron chi connectivity index (χ3n) is 11.2. The quantitative estimate of drug-likeness (QED) is 0.138. The van der Waals surface area contributed by atoms with Crippen LogP contribution >= 0.6 is 0 Å². The molecule has 8 aromatic carbocycles. The smallest absolute Gasteiger partial charge is 0.434 e. The minimum atomic E-state index is -2.73. The first-order chi connectivity index (χ1) is 26.3. The monoisotopic (exact) mass is 693 g/mol. The number of para-hydroxylation sites is 3. The molecule has 0 fully saturated rings. The molecule has 3 nitrogen and oxygen atoms in total. The highest BCUT2D eigenvalue weighted by Gasteiger charge is 2.43. The van der Waals surface area contributed by atoms with Crippen LogP contribution < -0.4 is 41.1 Å². The Morgan fingerprint density at radius 3 is 1.72 bits per heavy atom. The van der Waals surface area contributed by atoms with E-state index in [9.17, 15) is 0 Å². The lowest BCUT2D eigenvalue weighted by molar-refractivity contribution is 0.479. The van der Waals surface area contributed by atoms with Crippen LogP contribution in [-0.2, 0) is 0 Å². The van der Waals surface area contributed by atoms with E-state index in [2.05, 4.69) is 180 Å². The SMILES string of the molecule is c1ccc([Si](c2ccccc2)(c2ccccc2)c2ccc3c(c2)c2ccccc2n3-c2cc3c4c(c2)-c2ccccc2OB4c2ccccc2O3)cc1. The van der Waals surface area contributed by atoms with Crippen LogP contribution in [0.5, 0.6) is 17.2 Å². The van der Waals surface area contributed by atoms with Crippen molar-refractivity contribution in [1.82, 2.24) is 4.57 Å². The molecule has 2 aliphatic heterocycles. The normalized spacial score (nSPS) is 12.8. The fourth-order valence-electron chi connectivity index (χ4n) is 8.97. The topological polar surface area (TPSA) is 23.4 Å². The zero-order chi connectivity index (χ0) is 34.9. The van der Waals surface area contributed by atoms with Crippen LogP contribution in [0.4, 0.5) is 0 Å². The van der Waals surface area contributed by atoms with Crippen molar-refractivity contribution in [3.63, 3.8) is 0 Å². The Morgan fingerprint density at radius 2 is 1.00 bits per heavy atom. The molecule has 53 heavy (non-hydrogen) atoms. The average molecular weight is 694 g/mol. The average Bonchev–Trinajstić information content (AvgIpc) is 3.56. The molecule has 0 radical (unpaired) electrons. The molecule has 11 rings (SSSR count). The Morgan fingerprint density at radius 1 is 0.415 bits per heavy atom. The molecule has 0 aliphatic carbocycles. The van der Waals surface area contributed by atoms with E-state index in [4.69, 9.17) is 9.39 Å². The predicted molar refractivity (Wildman–Crippen MR) is 222 cm³/mol. The first kappa shape index (κ1) is 30.1. The molecule has 0 spiro atoms. The summed E-state index contributed by atoms with van der Waals surface area (Å²) in [6.07, 6.45) is 0. The number of hydrogen-bond acceptors (Lipinski definition) is 2. The largest absolute Gasteiger partial charge is 0.551 e. The van der Waals surface area contributed by atoms with Gasteiger partial charge in [0.05, 0.1) is 16.7 Å². The van der Waals surface area contributed by atoms with Crippen LogP contribution in [0.15, 0.2) is 194 Å². The first-order valence-electron chi connectivity index (χ1n) is 18.2. The number of hydrogen-bond donors (Lipinski definition) is 0. The fourth-order valence-corrected chi connectivity index (χ4v) is 13.7. The lowest BCUT2D eigenvalue weighted by Gasteiger charge is -2.34. The van der Waals surface area contributed by atoms with E-state index < -0.39 is 8.07 Å². The summed E-state index contributed by atoms with van der Waals surface area (Å²) in [5.74, 6) is 2.56. The molecule has 0 amide bonds. The molecular formula is C48H32BNO2Si. The molecule has 0 atom stereocenters. The highest BCUT2D eigenvalue weighted by atomic mass is 28.3. The van der Waals surface area contributed by atoms with Gasteiger partial charge in [0.15, 0.2) is 8.07 Å². The van der Waals surface area contributed by atoms with Crippen molar-refractivity contribution in [3.05, 3.63) is 194 Å². The van der Waals surface area contributed by atoms with E-state index in [-0.39, 0.29) is 6.92 Å². The summed E-state index contributed by atoms with van der Waals surface area (Å²) in [5, 5.41) is 7.90. The minimum absolute atomic E-state index is 0.235. The molecule has 0 saturated carbocycles. The van der Waals surface area contributed by atoms with Crippen molar-refractivity contribution in [2.45, 2.75) is 0 Å². The third kappa shape index (κ3) is 4.41. The van der Waals surface area contributed by atoms with E-state index in [1.807, 2.05) is 18.2 Å². The molecule has 5 heteroatoms. The number of rotatable bonds is 5. The first-order valence-corrected chi connectivity index (χ1v) is 20.2. The minimum Gasteiger partial charge on any atom is -0.551 e. The summed E-state index contributed by atoms with van der Waals surface area (Å²) in [7, 11) is -2.73. The van der Waals surface area contributed by atoms with Crippen LogP contribution in [0, 0.1) is 0 Å². The van der Waals surface area contributed by atoms with Crippen molar-refractivity contribution in [1.29, 1.82) is 0 Å². The molecule has 0 bridgehead atoms. The Balaban J connectivity index is 1.19. The van der Waals surface area contributed by atoms with Gasteiger partial charge in [-0.05, 0) is 56.6 Å². The summed E-state index contributed by atoms with van der Waals surface area (Å²) in [6, 6.07) is 70.6. The van der Waals surface area contributed by atoms with Gasteiger partial charge < -0.3 is 14.0 Å². The second-order valence-electron chi connectivity index (χ2n) is 14.0. The third-order valence-corrected chi connectivity index (χ3v) is 16.0. The summed E-state index contributed by atoms with van der Waals surface area (Å²) >= 11 is 0. The van der Waals surface area contributed by atoms with Gasteiger partial charge in [0.2, 0.25) is 0 Å². The van der Waals surface area contributed by atoms with Crippen molar-refractivity contribution in [2.24, 2.45) is 0 Å². The molecule has 248 valence electrons. The number of benzene rings is 8. The second kappa shape index (κ2) is 11.7. The van der Waals surface area contributed by atoms with Crippen molar-refractivity contribution < 1.29 is 9.39 Å². The van der Waals surface area contributed by atoms with Gasteiger partial charge in [-0.25, -0.2) is 0 Å². The predicted octanol–water partition coefficient (Wildman–Crippen LogP) is 7.43. The van der Waals surface area contributed by atoms with Gasteiger partial charge in [-0.1, -0.05) is 158 Å². The molecule has 0 N–H and O–H groups in total. The lowest BCUT2D eigenvalue weighted by Crippen LogP contribution is -2.74. The zero-order valence-electron chi connectivity index (χ0n) is 28.8. The van der Waals surface area contributed by atoms with Crippen molar-refractivity contribution >= 4 is 68.5 Å². The zero-order valence-corrected chi connectivity index (χ0v) is 29.8. The maximum atomic E-state index is 6.73. The molecular weight excluding hydrogens is 661 g/mol. The van der Waals surface area contributed by atoms with Crippen LogP contribution in [0.1, 0.15) is 0 Å². The standard InChI is InChI=1S/C48H32BNO2Si/c1-4-16-34(17-5-1)53(35-18-6-2-7-19-35,36-20-8-3-9-21-36)37-28-29-44-40(32-37)38-22-10-13-25-43(38)50(44)33-30-41-39-23-11-14-26-45(39)52-49-42-24-12-15-27-46(42)51-47(31-33)48(41)49/h1-32H. The molecule has 9 aromatic rings. The van der Waals surface area contributed by atoms with Crippen LogP contribution in [0.25, 0.3) is 38.6 Å². The number of nitrogens with zero attached hydrogens (tertiary/aromatic N) is 1. The van der Waals surface area contributed by atoms with E-state index >= 15 is 0 Å². The highest BCUT2D eigenvalue weighted by Crippen LogP contribution is 2.41. The summed E-state index contributed by atoms with van der Waals surface area (Å²) in [5.41, 5.74) is 7.74. The van der Waals surface area contributed by atoms with Gasteiger partial charge in [0.1, 0.15) is 17.2 Å². The van der Waals surface area contributed by atoms with E-state index in [0.717, 1.165) is 56.0 Å². The molecule has 0 saturated heterocycles. The Hall–Kier alpha value is -6.56. The van der Waals surface area contributed by atoms with Gasteiger partial charge >= 0.3 is 6.92 Å². The van der Waals surface area contributed by atoms with Crippen molar-refractivity contribution in [2.75, 3.05) is 0 Å². The Kier molecular flexibility index (Phi) is 6.67. The van der Waals surface area contributed by atoms with Gasteiger partial charge in [-0.2, -0.15) is 0 Å². The van der Waals surface area contributed by atoms with Gasteiger partial charge in [-0.3, -0.25) is 0 Å². The van der Waals surface area contributed by atoms with E-state index in [1.165, 1.54) is 31.5 Å². The highest BCUT2D eigenvalue weighted by molar-refractivity contribution is 7.20. The lowest BCUT2D eigenvalue weighted by atomic mass is 9.51. The summed E-state index contributed by atoms with van der Waals surface area (Å²) < 4.78 is 15.8. The number of fused-ring (bicyclic) bond motifs is 7. The fraction of sp³-hybridized carbons (Fsp3) is 0. The van der Waals surface area contributed by atoms with Crippen LogP contribution in [0.3, 0.4) is 0 Å². The molecule has 1 aromatic heterocycles.